The average Bonchev–Trinajstić information content (AvgIpc) is 1.57. The summed E-state index contributed by atoms with van der Waals surface area (Å²) in [7, 11) is 0. The van der Waals surface area contributed by atoms with Gasteiger partial charge in [-0.3, -0.25) is 0 Å². The lowest BCUT2D eigenvalue weighted by atomic mass is 10.2. The monoisotopic (exact) mass is 148 g/mol. The molecule has 0 saturated carbocycles. The number of nitrogens with zero attached hydrogens (tertiary/aromatic N) is 3. The van der Waals surface area contributed by atoms with Crippen LogP contribution in [0.25, 0.3) is 0 Å². The fourth-order valence-electron chi connectivity index (χ4n) is 0.827. The maximum Gasteiger partial charge on any atom is 0.303 e. The zero-order valence-corrected chi connectivity index (χ0v) is 5.10. The summed E-state index contributed by atoms with van der Waals surface area (Å²) in [4.78, 5) is 20.2. The summed E-state index contributed by atoms with van der Waals surface area (Å²) < 4.78 is -1.19. The van der Waals surface area contributed by atoms with E-state index in [9.17, 15) is 20.2 Å². The zero-order valence-electron chi connectivity index (χ0n) is 5.10. The fraction of sp³-hybridized carbons (Fsp3) is 1.00. The Morgan fingerprint density at radius 2 is 1.50 bits per heavy atom. The van der Waals surface area contributed by atoms with Crippen LogP contribution in [0, 0.1) is 20.2 Å². The molecule has 10 heavy (non-hydrogen) atoms. The Hall–Kier alpha value is -1.24. The molecule has 0 aliphatic carbocycles. The van der Waals surface area contributed by atoms with E-state index in [1.807, 2.05) is 0 Å². The molecule has 1 saturated heterocycles. The number of rotatable bonds is 2. The van der Waals surface area contributed by atoms with Gasteiger partial charge in [-0.05, 0) is 0 Å². The van der Waals surface area contributed by atoms with E-state index in [2.05, 4.69) is 0 Å². The van der Waals surface area contributed by atoms with Crippen molar-refractivity contribution in [2.75, 3.05) is 13.1 Å². The van der Waals surface area contributed by atoms with Gasteiger partial charge in [0.05, 0.1) is 6.42 Å². The third-order valence-corrected chi connectivity index (χ3v) is 1.64. The lowest BCUT2D eigenvalue weighted by Gasteiger charge is -2.21. The first-order valence-corrected chi connectivity index (χ1v) is 2.76. The summed E-state index contributed by atoms with van der Waals surface area (Å²) in [6.07, 6.45) is 0.558. The Labute approximate surface area is 55.7 Å². The van der Waals surface area contributed by atoms with Crippen LogP contribution < -0.4 is 0 Å². The summed E-state index contributed by atoms with van der Waals surface area (Å²) in [6.45, 7) is 0.0278. The molecular formula is C3H6N3O4+. The van der Waals surface area contributed by atoms with E-state index < -0.39 is 14.8 Å². The smallest absolute Gasteiger partial charge is 0.203 e. The summed E-state index contributed by atoms with van der Waals surface area (Å²) >= 11 is 0. The van der Waals surface area contributed by atoms with Crippen LogP contribution in [-0.4, -0.2) is 27.9 Å². The maximum atomic E-state index is 10.1. The average molecular weight is 148 g/mol. The maximum absolute atomic E-state index is 10.1. The second-order valence-electron chi connectivity index (χ2n) is 2.16. The number of quaternary nitrogens is 1. The molecule has 0 radical (unpaired) electrons. The largest absolute Gasteiger partial charge is 0.303 e. The number of hydrogen-bond acceptors (Lipinski definition) is 4. The molecule has 0 N–H and O–H groups in total. The van der Waals surface area contributed by atoms with Crippen LogP contribution in [0.1, 0.15) is 6.42 Å². The van der Waals surface area contributed by atoms with Gasteiger partial charge in [0.25, 0.3) is 0 Å². The molecule has 1 heterocycles. The first kappa shape index (κ1) is 6.87. The van der Waals surface area contributed by atoms with Crippen LogP contribution in [0.15, 0.2) is 0 Å². The van der Waals surface area contributed by atoms with Gasteiger partial charge in [0, 0.05) is 0 Å². The predicted octanol–water partition coefficient (Wildman–Crippen LogP) is -0.410. The normalized spacial score (nSPS) is 21.2. The Morgan fingerprint density at radius 1 is 1.10 bits per heavy atom. The number of hydrogen-bond donors (Lipinski definition) is 0. The molecule has 7 nitrogen and oxygen atoms in total. The molecule has 0 spiro atoms. The van der Waals surface area contributed by atoms with Gasteiger partial charge >= 0.3 is 10.1 Å². The third kappa shape index (κ3) is 0.637. The minimum atomic E-state index is -1.19. The van der Waals surface area contributed by atoms with E-state index >= 15 is 0 Å². The lowest BCUT2D eigenvalue weighted by Crippen LogP contribution is -2.64. The molecule has 0 unspecified atom stereocenters. The molecule has 0 amide bonds. The summed E-state index contributed by atoms with van der Waals surface area (Å²) in [5.41, 5.74) is 0. The minimum Gasteiger partial charge on any atom is -0.203 e. The van der Waals surface area contributed by atoms with Crippen molar-refractivity contribution in [2.24, 2.45) is 0 Å². The van der Waals surface area contributed by atoms with Crippen molar-refractivity contribution in [3.05, 3.63) is 20.2 Å². The Kier molecular flexibility index (Phi) is 1.29. The summed E-state index contributed by atoms with van der Waals surface area (Å²) in [5, 5.41) is 18.4. The van der Waals surface area contributed by atoms with Crippen LogP contribution in [0.3, 0.4) is 0 Å². The van der Waals surface area contributed by atoms with Gasteiger partial charge in [-0.2, -0.15) is 0 Å². The van der Waals surface area contributed by atoms with Crippen molar-refractivity contribution in [1.29, 1.82) is 0 Å². The summed E-state index contributed by atoms with van der Waals surface area (Å²) in [6, 6.07) is 0. The van der Waals surface area contributed by atoms with E-state index in [4.69, 9.17) is 0 Å². The van der Waals surface area contributed by atoms with Crippen LogP contribution in [0.5, 0.6) is 0 Å². The molecule has 0 atom stereocenters. The van der Waals surface area contributed by atoms with Crippen molar-refractivity contribution >= 4 is 0 Å². The molecule has 1 rings (SSSR count). The molecule has 1 aliphatic rings. The van der Waals surface area contributed by atoms with Crippen molar-refractivity contribution < 1.29 is 14.8 Å². The highest BCUT2D eigenvalue weighted by atomic mass is 16.8. The molecule has 56 valence electrons. The van der Waals surface area contributed by atoms with Gasteiger partial charge in [-0.1, -0.05) is 0 Å². The Bertz CT molecular complexity index is 170. The molecule has 0 bridgehead atoms. The highest BCUT2D eigenvalue weighted by molar-refractivity contribution is 4.40. The fourth-order valence-corrected chi connectivity index (χ4v) is 0.827. The zero-order chi connectivity index (χ0) is 7.78. The molecular weight excluding hydrogens is 142 g/mol. The Morgan fingerprint density at radius 3 is 1.50 bits per heavy atom. The van der Waals surface area contributed by atoms with Gasteiger partial charge in [0.15, 0.2) is 0 Å². The second-order valence-corrected chi connectivity index (χ2v) is 2.16. The molecule has 1 aliphatic heterocycles. The molecule has 1 fully saturated rings. The highest BCUT2D eigenvalue weighted by Crippen LogP contribution is 2.19. The van der Waals surface area contributed by atoms with Crippen LogP contribution >= 0.6 is 0 Å². The SMILES string of the molecule is O=[N+]([O-])[N+]1([N+](=O)[O-])CCC1. The van der Waals surface area contributed by atoms with Crippen LogP contribution in [0.2, 0.25) is 0 Å². The third-order valence-electron chi connectivity index (χ3n) is 1.64. The van der Waals surface area contributed by atoms with E-state index in [0.29, 0.717) is 6.42 Å². The van der Waals surface area contributed by atoms with Gasteiger partial charge in [0.2, 0.25) is 17.8 Å². The topological polar surface area (TPSA) is 86.3 Å². The first-order chi connectivity index (χ1) is 4.59. The van der Waals surface area contributed by atoms with E-state index in [1.165, 1.54) is 0 Å². The van der Waals surface area contributed by atoms with Crippen molar-refractivity contribution in [3.8, 4) is 0 Å². The first-order valence-electron chi connectivity index (χ1n) is 2.76. The second kappa shape index (κ2) is 1.87. The Balaban J connectivity index is 2.78. The van der Waals surface area contributed by atoms with Gasteiger partial charge in [0.1, 0.15) is 0 Å². The molecule has 7 heteroatoms. The number of nitro groups is 2. The van der Waals surface area contributed by atoms with Crippen LogP contribution in [-0.2, 0) is 0 Å². The minimum absolute atomic E-state index is 0.0139. The molecule has 0 aromatic rings. The van der Waals surface area contributed by atoms with Gasteiger partial charge < -0.3 is 0 Å². The van der Waals surface area contributed by atoms with Crippen LogP contribution in [0.4, 0.5) is 0 Å². The molecule has 0 aromatic carbocycles. The predicted molar refractivity (Wildman–Crippen MR) is 28.6 cm³/mol. The summed E-state index contributed by atoms with van der Waals surface area (Å²) in [5.74, 6) is 0. The van der Waals surface area contributed by atoms with Crippen molar-refractivity contribution in [3.63, 3.8) is 0 Å². The standard InChI is InChI=1S/C3H6N3O4/c7-4(8)6(5(9)10)2-1-3-6/h1-3H2/q+1. The van der Waals surface area contributed by atoms with E-state index in [1.54, 1.807) is 0 Å². The van der Waals surface area contributed by atoms with Crippen molar-refractivity contribution in [2.45, 2.75) is 6.42 Å². The van der Waals surface area contributed by atoms with E-state index in [0.717, 1.165) is 0 Å². The molecule has 0 aromatic heterocycles. The van der Waals surface area contributed by atoms with Crippen molar-refractivity contribution in [1.82, 2.24) is 0 Å². The lowest BCUT2D eigenvalue weighted by molar-refractivity contribution is -1.57. The van der Waals surface area contributed by atoms with Gasteiger partial charge in [-0.15, -0.1) is 0 Å². The van der Waals surface area contributed by atoms with Gasteiger partial charge in [-0.25, -0.2) is 20.2 Å². The van der Waals surface area contributed by atoms with E-state index in [-0.39, 0.29) is 13.1 Å². The highest BCUT2D eigenvalue weighted by Gasteiger charge is 2.60. The quantitative estimate of drug-likeness (QED) is 0.302.